The van der Waals surface area contributed by atoms with Crippen molar-refractivity contribution in [2.75, 3.05) is 14.2 Å². The van der Waals surface area contributed by atoms with E-state index in [2.05, 4.69) is 4.98 Å². The van der Waals surface area contributed by atoms with Crippen molar-refractivity contribution >= 4 is 21.6 Å². The molecule has 0 radical (unpaired) electrons. The minimum Gasteiger partial charge on any atom is -0.497 e. The van der Waals surface area contributed by atoms with Crippen LogP contribution >= 0.6 is 11.3 Å². The second-order valence-electron chi connectivity index (χ2n) is 8.41. The number of aryl methyl sites for hydroxylation is 3. The van der Waals surface area contributed by atoms with E-state index in [4.69, 9.17) is 9.47 Å². The average molecular weight is 503 g/mol. The van der Waals surface area contributed by atoms with Gasteiger partial charge in [-0.25, -0.2) is 14.3 Å². The standard InChI is InChI=1S/C27H26N4O4S/c1-6-30-26-23(25(32)31(27(30)33)19-8-10-20(34-4)11-9-19)17(3)24(36-26)18-7-12-21(22(13-18)35-5)29-14-16(2)28-15-29/h7-15H,6H2,1-5H3. The fraction of sp³-hybridized carbons (Fsp3) is 0.222. The molecule has 0 fully saturated rings. The van der Waals surface area contributed by atoms with Crippen LogP contribution in [0.25, 0.3) is 32.0 Å². The molecule has 0 spiro atoms. The molecule has 9 heteroatoms. The average Bonchev–Trinajstić information content (AvgIpc) is 3.47. The predicted octanol–water partition coefficient (Wildman–Crippen LogP) is 4.72. The first-order chi connectivity index (χ1) is 17.4. The minimum absolute atomic E-state index is 0.331. The topological polar surface area (TPSA) is 80.3 Å². The van der Waals surface area contributed by atoms with Gasteiger partial charge in [0.05, 0.1) is 43.0 Å². The number of ether oxygens (including phenoxy) is 2. The van der Waals surface area contributed by atoms with E-state index in [0.717, 1.165) is 27.4 Å². The highest BCUT2D eigenvalue weighted by Crippen LogP contribution is 2.39. The number of hydrogen-bond acceptors (Lipinski definition) is 6. The van der Waals surface area contributed by atoms with E-state index in [9.17, 15) is 9.59 Å². The summed E-state index contributed by atoms with van der Waals surface area (Å²) in [6.45, 7) is 6.21. The van der Waals surface area contributed by atoms with Crippen LogP contribution in [-0.2, 0) is 6.54 Å². The molecule has 5 rings (SSSR count). The number of hydrogen-bond donors (Lipinski definition) is 0. The molecule has 0 atom stereocenters. The van der Waals surface area contributed by atoms with Gasteiger partial charge in [0, 0.05) is 17.6 Å². The Balaban J connectivity index is 1.72. The lowest BCUT2D eigenvalue weighted by molar-refractivity contribution is 0.413. The lowest BCUT2D eigenvalue weighted by Gasteiger charge is -2.11. The highest BCUT2D eigenvalue weighted by atomic mass is 32.1. The van der Waals surface area contributed by atoms with Gasteiger partial charge >= 0.3 is 5.69 Å². The fourth-order valence-corrected chi connectivity index (χ4v) is 5.80. The van der Waals surface area contributed by atoms with E-state index in [-0.39, 0.29) is 11.2 Å². The van der Waals surface area contributed by atoms with Crippen LogP contribution in [0.3, 0.4) is 0 Å². The molecule has 5 aromatic rings. The SMILES string of the molecule is CCn1c(=O)n(-c2ccc(OC)cc2)c(=O)c2c(C)c(-c3ccc(-n4cnc(C)c4)c(OC)c3)sc21. The molecule has 184 valence electrons. The first-order valence-electron chi connectivity index (χ1n) is 11.5. The number of thiophene rings is 1. The second kappa shape index (κ2) is 9.16. The van der Waals surface area contributed by atoms with Gasteiger partial charge in [-0.1, -0.05) is 6.07 Å². The molecule has 0 aliphatic rings. The Labute approximate surface area is 211 Å². The first-order valence-corrected chi connectivity index (χ1v) is 12.3. The summed E-state index contributed by atoms with van der Waals surface area (Å²) in [5.74, 6) is 1.34. The van der Waals surface area contributed by atoms with Crippen LogP contribution in [0.4, 0.5) is 0 Å². The number of imidazole rings is 1. The number of fused-ring (bicyclic) bond motifs is 1. The molecular formula is C27H26N4O4S. The zero-order valence-electron chi connectivity index (χ0n) is 20.7. The van der Waals surface area contributed by atoms with Crippen LogP contribution in [0.2, 0.25) is 0 Å². The van der Waals surface area contributed by atoms with Crippen molar-refractivity contribution in [1.29, 1.82) is 0 Å². The van der Waals surface area contributed by atoms with Gasteiger partial charge in [-0.2, -0.15) is 0 Å². The monoisotopic (exact) mass is 502 g/mol. The van der Waals surface area contributed by atoms with Crippen molar-refractivity contribution < 1.29 is 9.47 Å². The summed E-state index contributed by atoms with van der Waals surface area (Å²) < 4.78 is 15.7. The molecule has 0 unspecified atom stereocenters. The Morgan fingerprint density at radius 1 is 1.00 bits per heavy atom. The second-order valence-corrected chi connectivity index (χ2v) is 9.41. The quantitative estimate of drug-likeness (QED) is 0.336. The molecule has 3 heterocycles. The summed E-state index contributed by atoms with van der Waals surface area (Å²) in [6.07, 6.45) is 3.68. The molecule has 36 heavy (non-hydrogen) atoms. The highest BCUT2D eigenvalue weighted by Gasteiger charge is 2.22. The zero-order valence-corrected chi connectivity index (χ0v) is 21.5. The number of rotatable bonds is 6. The molecule has 0 saturated heterocycles. The molecule has 0 amide bonds. The van der Waals surface area contributed by atoms with Crippen molar-refractivity contribution in [2.45, 2.75) is 27.3 Å². The molecule has 0 aliphatic carbocycles. The molecule has 2 aromatic carbocycles. The molecule has 3 aromatic heterocycles. The lowest BCUT2D eigenvalue weighted by Crippen LogP contribution is -2.38. The zero-order chi connectivity index (χ0) is 25.6. The van der Waals surface area contributed by atoms with E-state index in [1.807, 2.05) is 49.7 Å². The molecular weight excluding hydrogens is 476 g/mol. The number of nitrogens with zero attached hydrogens (tertiary/aromatic N) is 4. The van der Waals surface area contributed by atoms with E-state index < -0.39 is 0 Å². The van der Waals surface area contributed by atoms with Crippen molar-refractivity contribution in [1.82, 2.24) is 18.7 Å². The van der Waals surface area contributed by atoms with E-state index in [0.29, 0.717) is 33.9 Å². The molecule has 0 N–H and O–H groups in total. The molecule has 8 nitrogen and oxygen atoms in total. The van der Waals surface area contributed by atoms with Crippen molar-refractivity contribution in [3.05, 3.63) is 87.1 Å². The molecule has 0 saturated carbocycles. The third-order valence-corrected chi connectivity index (χ3v) is 7.65. The van der Waals surface area contributed by atoms with Crippen molar-refractivity contribution in [3.63, 3.8) is 0 Å². The van der Waals surface area contributed by atoms with Gasteiger partial charge in [0.15, 0.2) is 0 Å². The van der Waals surface area contributed by atoms with Crippen molar-refractivity contribution in [3.8, 4) is 33.3 Å². The van der Waals surface area contributed by atoms with E-state index in [1.54, 1.807) is 49.4 Å². The van der Waals surface area contributed by atoms with Gasteiger partial charge in [0.1, 0.15) is 16.3 Å². The molecule has 0 bridgehead atoms. The van der Waals surface area contributed by atoms with Gasteiger partial charge in [0.25, 0.3) is 5.56 Å². The Hall–Kier alpha value is -4.11. The van der Waals surface area contributed by atoms with Gasteiger partial charge < -0.3 is 14.0 Å². The summed E-state index contributed by atoms with van der Waals surface area (Å²) in [4.78, 5) is 33.0. The summed E-state index contributed by atoms with van der Waals surface area (Å²) in [6, 6.07) is 12.9. The summed E-state index contributed by atoms with van der Waals surface area (Å²) in [7, 11) is 3.21. The maximum absolute atomic E-state index is 13.7. The van der Waals surface area contributed by atoms with E-state index in [1.165, 1.54) is 15.9 Å². The smallest absolute Gasteiger partial charge is 0.336 e. The predicted molar refractivity (Wildman–Crippen MR) is 142 cm³/mol. The fourth-order valence-electron chi connectivity index (χ4n) is 4.44. The maximum atomic E-state index is 13.7. The largest absolute Gasteiger partial charge is 0.497 e. The number of aromatic nitrogens is 4. The van der Waals surface area contributed by atoms with Crippen LogP contribution in [0.15, 0.2) is 64.6 Å². The van der Waals surface area contributed by atoms with Crippen molar-refractivity contribution in [2.24, 2.45) is 0 Å². The lowest BCUT2D eigenvalue weighted by atomic mass is 10.1. The number of methoxy groups -OCH3 is 2. The maximum Gasteiger partial charge on any atom is 0.336 e. The Morgan fingerprint density at radius 3 is 2.36 bits per heavy atom. The summed E-state index contributed by atoms with van der Waals surface area (Å²) >= 11 is 1.45. The van der Waals surface area contributed by atoms with Crippen LogP contribution in [0.1, 0.15) is 18.2 Å². The van der Waals surface area contributed by atoms with Crippen LogP contribution in [0.5, 0.6) is 11.5 Å². The number of benzene rings is 2. The Bertz CT molecular complexity index is 1710. The van der Waals surface area contributed by atoms with Crippen LogP contribution in [0, 0.1) is 13.8 Å². The van der Waals surface area contributed by atoms with Gasteiger partial charge in [-0.3, -0.25) is 9.36 Å². The third-order valence-electron chi connectivity index (χ3n) is 6.29. The minimum atomic E-state index is -0.364. The van der Waals surface area contributed by atoms with Gasteiger partial charge in [-0.15, -0.1) is 11.3 Å². The Kier molecular flexibility index (Phi) is 6.01. The van der Waals surface area contributed by atoms with Crippen LogP contribution in [-0.4, -0.2) is 32.9 Å². The highest BCUT2D eigenvalue weighted by molar-refractivity contribution is 7.22. The molecule has 0 aliphatic heterocycles. The normalized spacial score (nSPS) is 11.2. The van der Waals surface area contributed by atoms with Crippen LogP contribution < -0.4 is 20.7 Å². The summed E-state index contributed by atoms with van der Waals surface area (Å²) in [5, 5.41) is 0.542. The Morgan fingerprint density at radius 2 is 1.75 bits per heavy atom. The van der Waals surface area contributed by atoms with Gasteiger partial charge in [-0.05, 0) is 68.3 Å². The third kappa shape index (κ3) is 3.72. The van der Waals surface area contributed by atoms with E-state index >= 15 is 0 Å². The summed E-state index contributed by atoms with van der Waals surface area (Å²) in [5.41, 5.74) is 3.33. The van der Waals surface area contributed by atoms with Gasteiger partial charge in [0.2, 0.25) is 0 Å². The first kappa shape index (κ1) is 23.6.